The highest BCUT2D eigenvalue weighted by atomic mass is 16.5. The number of hydrogen-bond acceptors (Lipinski definition) is 5. The van der Waals surface area contributed by atoms with E-state index in [0.717, 1.165) is 17.1 Å². The van der Waals surface area contributed by atoms with Crippen LogP contribution in [-0.2, 0) is 6.42 Å². The van der Waals surface area contributed by atoms with Crippen molar-refractivity contribution in [1.29, 1.82) is 0 Å². The van der Waals surface area contributed by atoms with Crippen LogP contribution in [0, 0.1) is 0 Å². The third-order valence-electron chi connectivity index (χ3n) is 3.95. The molecule has 0 aliphatic heterocycles. The molecular formula is C20H22N4O3. The molecule has 0 atom stereocenters. The van der Waals surface area contributed by atoms with Gasteiger partial charge < -0.3 is 14.8 Å². The van der Waals surface area contributed by atoms with Crippen LogP contribution in [-0.4, -0.2) is 41.3 Å². The first-order valence-corrected chi connectivity index (χ1v) is 8.76. The Balaban J connectivity index is 1.51. The van der Waals surface area contributed by atoms with Crippen molar-refractivity contribution in [1.82, 2.24) is 20.5 Å². The number of amides is 1. The summed E-state index contributed by atoms with van der Waals surface area (Å²) in [7, 11) is 1.63. The van der Waals surface area contributed by atoms with E-state index in [0.29, 0.717) is 36.8 Å². The van der Waals surface area contributed by atoms with E-state index in [9.17, 15) is 4.79 Å². The predicted octanol–water partition coefficient (Wildman–Crippen LogP) is 2.85. The summed E-state index contributed by atoms with van der Waals surface area (Å²) < 4.78 is 10.5. The van der Waals surface area contributed by atoms with Crippen LogP contribution in [0.15, 0.2) is 48.5 Å². The van der Waals surface area contributed by atoms with E-state index in [1.54, 1.807) is 31.4 Å². The third-order valence-corrected chi connectivity index (χ3v) is 3.95. The van der Waals surface area contributed by atoms with E-state index in [1.165, 1.54) is 0 Å². The molecule has 0 aliphatic carbocycles. The average molecular weight is 366 g/mol. The Morgan fingerprint density at radius 2 is 1.78 bits per heavy atom. The van der Waals surface area contributed by atoms with Crippen molar-refractivity contribution in [3.05, 3.63) is 59.9 Å². The maximum atomic E-state index is 12.2. The normalized spacial score (nSPS) is 10.4. The van der Waals surface area contributed by atoms with Gasteiger partial charge in [0.05, 0.1) is 13.7 Å². The molecule has 0 saturated carbocycles. The van der Waals surface area contributed by atoms with Crippen LogP contribution >= 0.6 is 0 Å². The zero-order valence-electron chi connectivity index (χ0n) is 15.4. The summed E-state index contributed by atoms with van der Waals surface area (Å²) in [5.41, 5.74) is 1.49. The van der Waals surface area contributed by atoms with Crippen LogP contribution in [0.5, 0.6) is 11.5 Å². The number of hydrogen-bond donors (Lipinski definition) is 2. The van der Waals surface area contributed by atoms with Gasteiger partial charge in [-0.3, -0.25) is 9.89 Å². The lowest BCUT2D eigenvalue weighted by atomic mass is 10.2. The van der Waals surface area contributed by atoms with Crippen LogP contribution < -0.4 is 14.8 Å². The third kappa shape index (κ3) is 4.84. The molecule has 0 radical (unpaired) electrons. The number of benzene rings is 2. The molecule has 1 heterocycles. The number of carbonyl (C=O) groups is 1. The van der Waals surface area contributed by atoms with Gasteiger partial charge in [-0.05, 0) is 55.5 Å². The molecule has 7 nitrogen and oxygen atoms in total. The van der Waals surface area contributed by atoms with Gasteiger partial charge in [0.25, 0.3) is 5.91 Å². The summed E-state index contributed by atoms with van der Waals surface area (Å²) in [6, 6.07) is 14.6. The lowest BCUT2D eigenvalue weighted by Gasteiger charge is -2.06. The number of rotatable bonds is 8. The van der Waals surface area contributed by atoms with E-state index >= 15 is 0 Å². The largest absolute Gasteiger partial charge is 0.497 e. The van der Waals surface area contributed by atoms with Gasteiger partial charge in [-0.25, -0.2) is 4.98 Å². The monoisotopic (exact) mass is 366 g/mol. The maximum Gasteiger partial charge on any atom is 0.251 e. The van der Waals surface area contributed by atoms with Crippen molar-refractivity contribution in [2.24, 2.45) is 0 Å². The first-order chi connectivity index (χ1) is 13.2. The molecule has 2 aromatic carbocycles. The quantitative estimate of drug-likeness (QED) is 0.640. The standard InChI is InChI=1S/C20H22N4O3/c1-3-27-17-10-6-15(7-11-17)20(25)21-13-12-18-22-19(24-23-18)14-4-8-16(26-2)9-5-14/h4-11H,3,12-13H2,1-2H3,(H,21,25)(H,22,23,24). The molecule has 2 N–H and O–H groups in total. The van der Waals surface area contributed by atoms with Crippen molar-refractivity contribution in [2.75, 3.05) is 20.3 Å². The van der Waals surface area contributed by atoms with Gasteiger partial charge in [0, 0.05) is 24.1 Å². The molecule has 3 aromatic rings. The Morgan fingerprint density at radius 3 is 2.44 bits per heavy atom. The Morgan fingerprint density at radius 1 is 1.07 bits per heavy atom. The van der Waals surface area contributed by atoms with E-state index < -0.39 is 0 Å². The first-order valence-electron chi connectivity index (χ1n) is 8.76. The van der Waals surface area contributed by atoms with Crippen molar-refractivity contribution in [3.8, 4) is 22.9 Å². The van der Waals surface area contributed by atoms with E-state index in [4.69, 9.17) is 9.47 Å². The molecule has 27 heavy (non-hydrogen) atoms. The highest BCUT2D eigenvalue weighted by molar-refractivity contribution is 5.94. The summed E-state index contributed by atoms with van der Waals surface area (Å²) in [4.78, 5) is 16.6. The smallest absolute Gasteiger partial charge is 0.251 e. The van der Waals surface area contributed by atoms with Crippen molar-refractivity contribution >= 4 is 5.91 Å². The molecule has 3 rings (SSSR count). The number of methoxy groups -OCH3 is 1. The van der Waals surface area contributed by atoms with Gasteiger partial charge in [-0.1, -0.05) is 0 Å². The fourth-order valence-corrected chi connectivity index (χ4v) is 2.54. The summed E-state index contributed by atoms with van der Waals surface area (Å²) >= 11 is 0. The summed E-state index contributed by atoms with van der Waals surface area (Å²) in [6.45, 7) is 2.98. The van der Waals surface area contributed by atoms with Crippen LogP contribution in [0.2, 0.25) is 0 Å². The minimum Gasteiger partial charge on any atom is -0.497 e. The molecular weight excluding hydrogens is 344 g/mol. The van der Waals surface area contributed by atoms with Gasteiger partial charge in [-0.15, -0.1) is 0 Å². The number of nitrogens with zero attached hydrogens (tertiary/aromatic N) is 2. The Bertz CT molecular complexity index is 873. The molecule has 0 fully saturated rings. The number of aromatic amines is 1. The second-order valence-corrected chi connectivity index (χ2v) is 5.80. The fourth-order valence-electron chi connectivity index (χ4n) is 2.54. The predicted molar refractivity (Wildman–Crippen MR) is 102 cm³/mol. The van der Waals surface area contributed by atoms with Gasteiger partial charge in [0.2, 0.25) is 0 Å². The number of H-pyrrole nitrogens is 1. The molecule has 1 aromatic heterocycles. The lowest BCUT2D eigenvalue weighted by molar-refractivity contribution is 0.0954. The van der Waals surface area contributed by atoms with Gasteiger partial charge >= 0.3 is 0 Å². The molecule has 7 heteroatoms. The van der Waals surface area contributed by atoms with E-state index in [1.807, 2.05) is 31.2 Å². The summed E-state index contributed by atoms with van der Waals surface area (Å²) in [5, 5.41) is 10.0. The van der Waals surface area contributed by atoms with E-state index in [-0.39, 0.29) is 5.91 Å². The first kappa shape index (κ1) is 18.4. The van der Waals surface area contributed by atoms with Crippen molar-refractivity contribution < 1.29 is 14.3 Å². The molecule has 140 valence electrons. The second kappa shape index (κ2) is 8.84. The SMILES string of the molecule is CCOc1ccc(C(=O)NCCc2nc(-c3ccc(OC)cc3)n[nH]2)cc1. The van der Waals surface area contributed by atoms with Gasteiger partial charge in [0.15, 0.2) is 5.82 Å². The number of carbonyl (C=O) groups excluding carboxylic acids is 1. The zero-order valence-corrected chi connectivity index (χ0v) is 15.4. The number of nitrogens with one attached hydrogen (secondary N) is 2. The molecule has 0 aliphatic rings. The van der Waals surface area contributed by atoms with Gasteiger partial charge in [0.1, 0.15) is 17.3 Å². The molecule has 0 spiro atoms. The average Bonchev–Trinajstić information content (AvgIpc) is 3.18. The number of aromatic nitrogens is 3. The van der Waals surface area contributed by atoms with E-state index in [2.05, 4.69) is 20.5 Å². The summed E-state index contributed by atoms with van der Waals surface area (Å²) in [5.74, 6) is 2.74. The molecule has 0 bridgehead atoms. The highest BCUT2D eigenvalue weighted by Crippen LogP contribution is 2.19. The van der Waals surface area contributed by atoms with Crippen molar-refractivity contribution in [3.63, 3.8) is 0 Å². The van der Waals surface area contributed by atoms with Crippen LogP contribution in [0.25, 0.3) is 11.4 Å². The summed E-state index contributed by atoms with van der Waals surface area (Å²) in [6.07, 6.45) is 0.561. The lowest BCUT2D eigenvalue weighted by Crippen LogP contribution is -2.25. The Labute approximate surface area is 157 Å². The maximum absolute atomic E-state index is 12.2. The van der Waals surface area contributed by atoms with Crippen LogP contribution in [0.4, 0.5) is 0 Å². The zero-order chi connectivity index (χ0) is 19.1. The minimum atomic E-state index is -0.132. The Hall–Kier alpha value is -3.35. The second-order valence-electron chi connectivity index (χ2n) is 5.80. The molecule has 0 unspecified atom stereocenters. The van der Waals surface area contributed by atoms with Crippen LogP contribution in [0.3, 0.4) is 0 Å². The fraction of sp³-hybridized carbons (Fsp3) is 0.250. The minimum absolute atomic E-state index is 0.132. The van der Waals surface area contributed by atoms with Gasteiger partial charge in [-0.2, -0.15) is 5.10 Å². The molecule has 1 amide bonds. The van der Waals surface area contributed by atoms with Crippen LogP contribution in [0.1, 0.15) is 23.1 Å². The Kier molecular flexibility index (Phi) is 6.04. The highest BCUT2D eigenvalue weighted by Gasteiger charge is 2.08. The molecule has 0 saturated heterocycles. The van der Waals surface area contributed by atoms with Crippen molar-refractivity contribution in [2.45, 2.75) is 13.3 Å². The number of ether oxygens (including phenoxy) is 2. The topological polar surface area (TPSA) is 89.1 Å².